The molecule has 7 aromatic carbocycles. The summed E-state index contributed by atoms with van der Waals surface area (Å²) < 4.78 is 95.9. The number of ether oxygens (including phenoxy) is 18. The van der Waals surface area contributed by atoms with Crippen molar-refractivity contribution < 1.29 is 85.3 Å². The van der Waals surface area contributed by atoms with Gasteiger partial charge in [0, 0.05) is 52.1 Å². The number of rotatable bonds is 18. The topological polar surface area (TPSA) is 166 Å². The second kappa shape index (κ2) is 42.3. The summed E-state index contributed by atoms with van der Waals surface area (Å²) in [6, 6.07) is 33.6. The van der Waals surface area contributed by atoms with E-state index in [0.717, 1.165) is 96.6 Å². The molecule has 0 aliphatic carbocycles. The molecule has 0 saturated carbocycles. The Morgan fingerprint density at radius 2 is 0.500 bits per heavy atom. The largest absolute Gasteiger partial charge is 0.497 e. The fourth-order valence-electron chi connectivity index (χ4n) is 10.9. The lowest BCUT2D eigenvalue weighted by molar-refractivity contribution is 0.318. The van der Waals surface area contributed by atoms with E-state index in [1.807, 2.05) is 72.8 Å². The molecule has 0 amide bonds. The molecule has 7 aromatic rings. The Kier molecular flexibility index (Phi) is 37.9. The predicted octanol–water partition coefficient (Wildman–Crippen LogP) is 21.0. The summed E-state index contributed by atoms with van der Waals surface area (Å²) in [7, 11) is 29.5. The average molecular weight is 1480 g/mol. The highest BCUT2D eigenvalue weighted by Gasteiger charge is 2.30. The molecule has 7 rings (SSSR count). The standard InChI is InChI=1S/6C13H20O3.C10H14/c1-13(2,3)9-7-11(15-5)12(16-6)8-10(9)14-4;1-13(2,3)12-10(15-5)7-9(14-4)8-11(12)16-6;1-13(2,3)10-7-9(14-4)8-11(15-5)12(10)16-6;1-13(2,3)9-7-10(14-4)12(16-6)11(8-9)15-5;1-13(2,3)11-9(14-4)7-8-10(15-5)12(11)16-6;1-13(2,3)9-7-8-10(14-4)12(16-6)11(9)15-5;1-10(2,3)9-7-5-4-6-8-9/h6*7-8H,1-6H3;4-8H,1-3H3. The van der Waals surface area contributed by atoms with Gasteiger partial charge in [0.15, 0.2) is 57.5 Å². The monoisotopic (exact) mass is 1480 g/mol. The number of benzene rings is 7. The molecule has 0 aliphatic heterocycles. The van der Waals surface area contributed by atoms with Crippen LogP contribution in [0.5, 0.6) is 103 Å². The van der Waals surface area contributed by atoms with Gasteiger partial charge in [-0.05, 0) is 91.5 Å². The molecule has 0 aliphatic rings. The van der Waals surface area contributed by atoms with Crippen molar-refractivity contribution in [1.82, 2.24) is 0 Å². The average Bonchev–Trinajstić information content (AvgIpc) is 0.815. The third kappa shape index (κ3) is 27.4. The highest BCUT2D eigenvalue weighted by Crippen LogP contribution is 2.48. The van der Waals surface area contributed by atoms with Gasteiger partial charge in [0.25, 0.3) is 0 Å². The maximum atomic E-state index is 5.43. The van der Waals surface area contributed by atoms with E-state index in [0.29, 0.717) is 45.7 Å². The second-order valence-corrected chi connectivity index (χ2v) is 31.5. The number of methoxy groups -OCH3 is 18. The summed E-state index contributed by atoms with van der Waals surface area (Å²) in [6.45, 7) is 45.0. The smallest absolute Gasteiger partial charge is 0.203 e. The van der Waals surface area contributed by atoms with Crippen molar-refractivity contribution in [2.75, 3.05) is 128 Å². The van der Waals surface area contributed by atoms with Crippen LogP contribution in [0.1, 0.15) is 184 Å². The van der Waals surface area contributed by atoms with Crippen molar-refractivity contribution in [3.05, 3.63) is 142 Å². The molecule has 594 valence electrons. The highest BCUT2D eigenvalue weighted by molar-refractivity contribution is 5.60. The van der Waals surface area contributed by atoms with Crippen LogP contribution in [0.2, 0.25) is 0 Å². The van der Waals surface area contributed by atoms with Crippen molar-refractivity contribution in [1.29, 1.82) is 0 Å². The lowest BCUT2D eigenvalue weighted by Gasteiger charge is -2.25. The summed E-state index contributed by atoms with van der Waals surface area (Å²) in [6.07, 6.45) is 0. The van der Waals surface area contributed by atoms with Gasteiger partial charge in [-0.15, -0.1) is 0 Å². The van der Waals surface area contributed by atoms with E-state index in [4.69, 9.17) is 85.3 Å². The summed E-state index contributed by atoms with van der Waals surface area (Å²) in [4.78, 5) is 0. The van der Waals surface area contributed by atoms with Crippen LogP contribution in [0.25, 0.3) is 0 Å². The molecule has 0 spiro atoms. The van der Waals surface area contributed by atoms with Gasteiger partial charge < -0.3 is 85.3 Å². The Bertz CT molecular complexity index is 3680. The van der Waals surface area contributed by atoms with Gasteiger partial charge in [0.2, 0.25) is 11.5 Å². The van der Waals surface area contributed by atoms with Gasteiger partial charge in [-0.2, -0.15) is 0 Å². The molecule has 0 N–H and O–H groups in total. The van der Waals surface area contributed by atoms with E-state index in [-0.39, 0.29) is 32.5 Å². The van der Waals surface area contributed by atoms with Crippen molar-refractivity contribution in [2.45, 2.75) is 183 Å². The third-order valence-corrected chi connectivity index (χ3v) is 16.6. The predicted molar refractivity (Wildman–Crippen MR) is 434 cm³/mol. The Morgan fingerprint density at radius 3 is 0.830 bits per heavy atom. The molecular formula is C88H134O18. The van der Waals surface area contributed by atoms with Crippen molar-refractivity contribution in [3.8, 4) is 103 Å². The number of hydrogen-bond donors (Lipinski definition) is 0. The van der Waals surface area contributed by atoms with Crippen LogP contribution >= 0.6 is 0 Å². The highest BCUT2D eigenvalue weighted by atomic mass is 16.6. The van der Waals surface area contributed by atoms with E-state index < -0.39 is 0 Å². The van der Waals surface area contributed by atoms with E-state index in [9.17, 15) is 0 Å². The van der Waals surface area contributed by atoms with E-state index in [1.165, 1.54) is 5.56 Å². The molecule has 0 unspecified atom stereocenters. The van der Waals surface area contributed by atoms with Crippen molar-refractivity contribution in [2.24, 2.45) is 0 Å². The zero-order valence-corrected chi connectivity index (χ0v) is 72.2. The van der Waals surface area contributed by atoms with E-state index in [1.54, 1.807) is 128 Å². The molecule has 0 atom stereocenters. The Labute approximate surface area is 639 Å². The van der Waals surface area contributed by atoms with Crippen LogP contribution < -0.4 is 85.3 Å². The van der Waals surface area contributed by atoms with Gasteiger partial charge in [0.05, 0.1) is 128 Å². The number of hydrogen-bond acceptors (Lipinski definition) is 18. The second-order valence-electron chi connectivity index (χ2n) is 31.5. The molecular weight excluding hydrogens is 1340 g/mol. The third-order valence-electron chi connectivity index (χ3n) is 16.6. The molecule has 106 heavy (non-hydrogen) atoms. The van der Waals surface area contributed by atoms with Crippen LogP contribution in [0.15, 0.2) is 103 Å². The molecule has 0 heterocycles. The quantitative estimate of drug-likeness (QED) is 0.0795. The van der Waals surface area contributed by atoms with Crippen LogP contribution in [0.4, 0.5) is 0 Å². The van der Waals surface area contributed by atoms with Crippen LogP contribution in [-0.2, 0) is 37.9 Å². The molecule has 0 radical (unpaired) electrons. The minimum absolute atomic E-state index is 0.00486. The fraction of sp³-hybridized carbons (Fsp3) is 0.523. The molecule has 0 aromatic heterocycles. The maximum absolute atomic E-state index is 5.43. The van der Waals surface area contributed by atoms with Crippen molar-refractivity contribution in [3.63, 3.8) is 0 Å². The van der Waals surface area contributed by atoms with E-state index >= 15 is 0 Å². The summed E-state index contributed by atoms with van der Waals surface area (Å²) in [5, 5.41) is 0. The van der Waals surface area contributed by atoms with E-state index in [2.05, 4.69) is 176 Å². The first-order valence-corrected chi connectivity index (χ1v) is 35.1. The normalized spacial score (nSPS) is 11.2. The maximum Gasteiger partial charge on any atom is 0.203 e. The fourth-order valence-corrected chi connectivity index (χ4v) is 10.9. The molecule has 18 heteroatoms. The zero-order valence-electron chi connectivity index (χ0n) is 72.2. The summed E-state index contributed by atoms with van der Waals surface area (Å²) >= 11 is 0. The van der Waals surface area contributed by atoms with Crippen LogP contribution in [-0.4, -0.2) is 128 Å². The first-order chi connectivity index (χ1) is 49.2. The first kappa shape index (κ1) is 95.0. The Hall–Kier alpha value is -9.06. The Balaban J connectivity index is 0.000000621. The first-order valence-electron chi connectivity index (χ1n) is 35.1. The van der Waals surface area contributed by atoms with Crippen LogP contribution in [0.3, 0.4) is 0 Å². The SMILES string of the molecule is CC(C)(C)c1ccccc1.COc1cc(C(C)(C)C)cc(OC)c1OC.COc1cc(OC)c(C(C)(C)C)c(OC)c1.COc1cc(OC)c(C(C)(C)C)cc1OC.COc1cc(OC)c(OC)c(C(C)(C)C)c1.COc1ccc(C(C)(C)C)c(OC)c1OC.COc1ccc(OC)c(C(C)(C)C)c1OC. The van der Waals surface area contributed by atoms with Gasteiger partial charge in [-0.1, -0.05) is 182 Å². The van der Waals surface area contributed by atoms with Gasteiger partial charge >= 0.3 is 0 Å². The zero-order chi connectivity index (χ0) is 81.7. The lowest BCUT2D eigenvalue weighted by Crippen LogP contribution is -2.15. The molecule has 0 bridgehead atoms. The molecule has 18 nitrogen and oxygen atoms in total. The van der Waals surface area contributed by atoms with Gasteiger partial charge in [-0.3, -0.25) is 0 Å². The summed E-state index contributed by atoms with van der Waals surface area (Å²) in [5.41, 5.74) is 8.14. The van der Waals surface area contributed by atoms with Crippen LogP contribution in [0, 0.1) is 0 Å². The molecule has 0 fully saturated rings. The summed E-state index contributed by atoms with van der Waals surface area (Å²) in [5.74, 6) is 13.2. The lowest BCUT2D eigenvalue weighted by atomic mass is 9.85. The minimum atomic E-state index is -0.0643. The van der Waals surface area contributed by atoms with Gasteiger partial charge in [0.1, 0.15) is 34.5 Å². The Morgan fingerprint density at radius 1 is 0.170 bits per heavy atom. The van der Waals surface area contributed by atoms with Crippen molar-refractivity contribution >= 4 is 0 Å². The molecule has 0 saturated heterocycles. The minimum Gasteiger partial charge on any atom is -0.497 e. The van der Waals surface area contributed by atoms with Gasteiger partial charge in [-0.25, -0.2) is 0 Å².